The van der Waals surface area contributed by atoms with Crippen LogP contribution in [-0.2, 0) is 11.3 Å². The van der Waals surface area contributed by atoms with E-state index in [-0.39, 0.29) is 30.0 Å². The van der Waals surface area contributed by atoms with Gasteiger partial charge >= 0.3 is 0 Å². The molecule has 1 aromatic heterocycles. The van der Waals surface area contributed by atoms with Crippen LogP contribution in [0.4, 0.5) is 10.1 Å². The number of anilines is 1. The quantitative estimate of drug-likeness (QED) is 0.818. The first-order valence-corrected chi connectivity index (χ1v) is 7.09. The SMILES string of the molecule is COCc1cc(C(=O)N(c2ccc(OC)c(F)c2)C(C)C)no1. The maximum absolute atomic E-state index is 13.9. The number of halogens is 1. The molecule has 0 bridgehead atoms. The maximum Gasteiger partial charge on any atom is 0.280 e. The molecular formula is C16H19FN2O4. The highest BCUT2D eigenvalue weighted by Crippen LogP contribution is 2.26. The number of carbonyl (C=O) groups excluding carboxylic acids is 1. The minimum absolute atomic E-state index is 0.119. The summed E-state index contributed by atoms with van der Waals surface area (Å²) in [4.78, 5) is 14.1. The van der Waals surface area contributed by atoms with Gasteiger partial charge < -0.3 is 18.9 Å². The lowest BCUT2D eigenvalue weighted by Crippen LogP contribution is -2.37. The van der Waals surface area contributed by atoms with Crippen molar-refractivity contribution in [2.75, 3.05) is 19.1 Å². The van der Waals surface area contributed by atoms with Crippen LogP contribution >= 0.6 is 0 Å². The Hall–Kier alpha value is -2.41. The Labute approximate surface area is 133 Å². The summed E-state index contributed by atoms with van der Waals surface area (Å²) in [5, 5.41) is 3.76. The van der Waals surface area contributed by atoms with Crippen molar-refractivity contribution in [3.63, 3.8) is 0 Å². The first-order valence-electron chi connectivity index (χ1n) is 7.09. The first kappa shape index (κ1) is 17.0. The van der Waals surface area contributed by atoms with Crippen molar-refractivity contribution in [3.8, 4) is 5.75 Å². The number of rotatable bonds is 6. The number of methoxy groups -OCH3 is 2. The number of hydrogen-bond donors (Lipinski definition) is 0. The average Bonchev–Trinajstić information content (AvgIpc) is 2.96. The third-order valence-corrected chi connectivity index (χ3v) is 3.21. The molecular weight excluding hydrogens is 303 g/mol. The molecule has 1 amide bonds. The fraction of sp³-hybridized carbons (Fsp3) is 0.375. The number of ether oxygens (including phenoxy) is 2. The topological polar surface area (TPSA) is 64.8 Å². The number of nitrogens with zero attached hydrogens (tertiary/aromatic N) is 2. The van der Waals surface area contributed by atoms with E-state index >= 15 is 0 Å². The third-order valence-electron chi connectivity index (χ3n) is 3.21. The lowest BCUT2D eigenvalue weighted by molar-refractivity contribution is 0.0970. The predicted octanol–water partition coefficient (Wildman–Crippen LogP) is 3.02. The molecule has 7 heteroatoms. The van der Waals surface area contributed by atoms with Crippen molar-refractivity contribution in [2.24, 2.45) is 0 Å². The molecule has 0 atom stereocenters. The highest BCUT2D eigenvalue weighted by atomic mass is 19.1. The summed E-state index contributed by atoms with van der Waals surface area (Å²) in [5.41, 5.74) is 0.557. The van der Waals surface area contributed by atoms with E-state index in [0.717, 1.165) is 0 Å². The molecule has 124 valence electrons. The van der Waals surface area contributed by atoms with E-state index < -0.39 is 5.82 Å². The van der Waals surface area contributed by atoms with E-state index in [1.54, 1.807) is 6.07 Å². The summed E-state index contributed by atoms with van der Waals surface area (Å²) in [7, 11) is 2.90. The van der Waals surface area contributed by atoms with E-state index in [0.29, 0.717) is 11.4 Å². The van der Waals surface area contributed by atoms with Gasteiger partial charge in [-0.15, -0.1) is 0 Å². The van der Waals surface area contributed by atoms with Crippen molar-refractivity contribution >= 4 is 11.6 Å². The maximum atomic E-state index is 13.9. The Morgan fingerprint density at radius 2 is 2.09 bits per heavy atom. The number of benzene rings is 1. The van der Waals surface area contributed by atoms with Gasteiger partial charge in [0.25, 0.3) is 5.91 Å². The number of amides is 1. The van der Waals surface area contributed by atoms with Gasteiger partial charge in [-0.1, -0.05) is 5.16 Å². The summed E-state index contributed by atoms with van der Waals surface area (Å²) >= 11 is 0. The van der Waals surface area contributed by atoms with E-state index in [2.05, 4.69) is 5.16 Å². The van der Waals surface area contributed by atoms with Gasteiger partial charge in [-0.2, -0.15) is 0 Å². The molecule has 2 rings (SSSR count). The van der Waals surface area contributed by atoms with Crippen LogP contribution in [0.3, 0.4) is 0 Å². The number of hydrogen-bond acceptors (Lipinski definition) is 5. The zero-order chi connectivity index (χ0) is 17.0. The van der Waals surface area contributed by atoms with Crippen LogP contribution in [-0.4, -0.2) is 31.3 Å². The van der Waals surface area contributed by atoms with Gasteiger partial charge in [0.05, 0.1) is 7.11 Å². The summed E-state index contributed by atoms with van der Waals surface area (Å²) in [5.74, 6) is -0.353. The monoisotopic (exact) mass is 322 g/mol. The summed E-state index contributed by atoms with van der Waals surface area (Å²) in [6.07, 6.45) is 0. The third kappa shape index (κ3) is 3.68. The standard InChI is InChI=1S/C16H19FN2O4/c1-10(2)19(11-5-6-15(22-4)13(17)7-11)16(20)14-8-12(9-21-3)23-18-14/h5-8,10H,9H2,1-4H3. The zero-order valence-corrected chi connectivity index (χ0v) is 13.5. The van der Waals surface area contributed by atoms with Gasteiger partial charge in [0.2, 0.25) is 0 Å². The van der Waals surface area contributed by atoms with E-state index in [9.17, 15) is 9.18 Å². The minimum Gasteiger partial charge on any atom is -0.494 e. The molecule has 23 heavy (non-hydrogen) atoms. The number of aromatic nitrogens is 1. The van der Waals surface area contributed by atoms with Gasteiger partial charge in [0.1, 0.15) is 6.61 Å². The smallest absolute Gasteiger partial charge is 0.280 e. The largest absolute Gasteiger partial charge is 0.494 e. The van der Waals surface area contributed by atoms with Gasteiger partial charge in [0.15, 0.2) is 23.0 Å². The highest BCUT2D eigenvalue weighted by molar-refractivity contribution is 6.05. The van der Waals surface area contributed by atoms with E-state index in [1.165, 1.54) is 37.3 Å². The molecule has 0 spiro atoms. The van der Waals surface area contributed by atoms with Gasteiger partial charge in [-0.25, -0.2) is 4.39 Å². The Bertz CT molecular complexity index is 684. The molecule has 0 N–H and O–H groups in total. The van der Waals surface area contributed by atoms with Crippen molar-refractivity contribution in [2.45, 2.75) is 26.5 Å². The molecule has 1 heterocycles. The molecule has 2 aromatic rings. The van der Waals surface area contributed by atoms with Crippen LogP contribution in [0.1, 0.15) is 30.1 Å². The van der Waals surface area contributed by atoms with Gasteiger partial charge in [-0.3, -0.25) is 4.79 Å². The molecule has 0 saturated carbocycles. The lowest BCUT2D eigenvalue weighted by atomic mass is 10.2. The molecule has 0 saturated heterocycles. The average molecular weight is 322 g/mol. The highest BCUT2D eigenvalue weighted by Gasteiger charge is 2.24. The molecule has 0 aliphatic rings. The summed E-state index contributed by atoms with van der Waals surface area (Å²) in [6.45, 7) is 3.88. The molecule has 0 aliphatic carbocycles. The second-order valence-corrected chi connectivity index (χ2v) is 5.20. The molecule has 0 fully saturated rings. The minimum atomic E-state index is -0.538. The Balaban J connectivity index is 2.33. The zero-order valence-electron chi connectivity index (χ0n) is 13.5. The van der Waals surface area contributed by atoms with Crippen LogP contribution in [0.25, 0.3) is 0 Å². The van der Waals surface area contributed by atoms with Crippen LogP contribution in [0, 0.1) is 5.82 Å². The molecule has 0 radical (unpaired) electrons. The Kier molecular flexibility index (Phi) is 5.33. The number of carbonyl (C=O) groups is 1. The second kappa shape index (κ2) is 7.23. The molecule has 0 unspecified atom stereocenters. The fourth-order valence-electron chi connectivity index (χ4n) is 2.20. The van der Waals surface area contributed by atoms with Crippen molar-refractivity contribution in [3.05, 3.63) is 41.5 Å². The van der Waals surface area contributed by atoms with Crippen LogP contribution in [0.15, 0.2) is 28.8 Å². The fourth-order valence-corrected chi connectivity index (χ4v) is 2.20. The Morgan fingerprint density at radius 3 is 2.65 bits per heavy atom. The van der Waals surface area contributed by atoms with Crippen LogP contribution < -0.4 is 9.64 Å². The van der Waals surface area contributed by atoms with Gasteiger partial charge in [0, 0.05) is 31.0 Å². The van der Waals surface area contributed by atoms with Crippen molar-refractivity contribution < 1.29 is 23.2 Å². The molecule has 6 nitrogen and oxygen atoms in total. The molecule has 1 aromatic carbocycles. The molecule has 0 aliphatic heterocycles. The normalized spacial score (nSPS) is 10.9. The lowest BCUT2D eigenvalue weighted by Gasteiger charge is -2.26. The van der Waals surface area contributed by atoms with Gasteiger partial charge in [-0.05, 0) is 26.0 Å². The van der Waals surface area contributed by atoms with E-state index in [4.69, 9.17) is 14.0 Å². The predicted molar refractivity (Wildman–Crippen MR) is 82.1 cm³/mol. The van der Waals surface area contributed by atoms with Crippen molar-refractivity contribution in [1.29, 1.82) is 0 Å². The van der Waals surface area contributed by atoms with Crippen LogP contribution in [0.5, 0.6) is 5.75 Å². The van der Waals surface area contributed by atoms with Crippen molar-refractivity contribution in [1.82, 2.24) is 5.16 Å². The van der Waals surface area contributed by atoms with E-state index in [1.807, 2.05) is 13.8 Å². The van der Waals surface area contributed by atoms with Crippen LogP contribution in [0.2, 0.25) is 0 Å². The second-order valence-electron chi connectivity index (χ2n) is 5.20. The summed E-state index contributed by atoms with van der Waals surface area (Å²) < 4.78 is 28.8. The first-order chi connectivity index (χ1) is 11.0. The summed E-state index contributed by atoms with van der Waals surface area (Å²) in [6, 6.07) is 5.68. The Morgan fingerprint density at radius 1 is 1.35 bits per heavy atom.